The van der Waals surface area contributed by atoms with Crippen LogP contribution in [0.5, 0.6) is 0 Å². The smallest absolute Gasteiger partial charge is 0.0471 e. The zero-order valence-corrected chi connectivity index (χ0v) is 10.8. The Morgan fingerprint density at radius 3 is 2.27 bits per heavy atom. The van der Waals surface area contributed by atoms with Gasteiger partial charge in [0.25, 0.3) is 0 Å². The average Bonchev–Trinajstić information content (AvgIpc) is 2.14. The van der Waals surface area contributed by atoms with Crippen molar-refractivity contribution in [2.24, 2.45) is 17.3 Å². The van der Waals surface area contributed by atoms with Gasteiger partial charge in [-0.3, -0.25) is 0 Å². The van der Waals surface area contributed by atoms with Crippen LogP contribution in [0.3, 0.4) is 0 Å². The molecule has 1 aliphatic rings. The highest BCUT2D eigenvalue weighted by atomic mass is 16.3. The lowest BCUT2D eigenvalue weighted by Crippen LogP contribution is -2.42. The molecule has 15 heavy (non-hydrogen) atoms. The second-order valence-electron chi connectivity index (χ2n) is 6.27. The maximum atomic E-state index is 9.29. The van der Waals surface area contributed by atoms with Gasteiger partial charge < -0.3 is 10.0 Å². The normalized spacial score (nSPS) is 29.4. The zero-order valence-electron chi connectivity index (χ0n) is 10.8. The average molecular weight is 213 g/mol. The Bertz CT molecular complexity index is 173. The Morgan fingerprint density at radius 2 is 1.80 bits per heavy atom. The van der Waals surface area contributed by atoms with Gasteiger partial charge in [0, 0.05) is 19.7 Å². The molecule has 0 aromatic heterocycles. The van der Waals surface area contributed by atoms with Gasteiger partial charge in [0.05, 0.1) is 0 Å². The first-order valence-corrected chi connectivity index (χ1v) is 6.28. The molecule has 1 N–H and O–H groups in total. The molecule has 2 atom stereocenters. The molecule has 0 aliphatic carbocycles. The van der Waals surface area contributed by atoms with Gasteiger partial charge in [-0.05, 0) is 36.6 Å². The summed E-state index contributed by atoms with van der Waals surface area (Å²) in [6, 6.07) is 0. The summed E-state index contributed by atoms with van der Waals surface area (Å²) < 4.78 is 0. The van der Waals surface area contributed by atoms with Crippen molar-refractivity contribution in [3.05, 3.63) is 0 Å². The number of piperidine rings is 1. The van der Waals surface area contributed by atoms with Crippen LogP contribution in [-0.2, 0) is 0 Å². The van der Waals surface area contributed by atoms with E-state index in [2.05, 4.69) is 32.6 Å². The summed E-state index contributed by atoms with van der Waals surface area (Å²) in [5.74, 6) is 1.28. The number of hydrogen-bond acceptors (Lipinski definition) is 2. The van der Waals surface area contributed by atoms with Crippen LogP contribution in [0.15, 0.2) is 0 Å². The molecule has 0 aromatic carbocycles. The van der Waals surface area contributed by atoms with Crippen LogP contribution in [-0.4, -0.2) is 36.2 Å². The van der Waals surface area contributed by atoms with E-state index < -0.39 is 0 Å². The summed E-state index contributed by atoms with van der Waals surface area (Å²) in [4.78, 5) is 2.49. The van der Waals surface area contributed by atoms with E-state index in [0.717, 1.165) is 19.0 Å². The van der Waals surface area contributed by atoms with Crippen molar-refractivity contribution < 1.29 is 5.11 Å². The van der Waals surface area contributed by atoms with Crippen molar-refractivity contribution in [3.63, 3.8) is 0 Å². The van der Waals surface area contributed by atoms with Crippen molar-refractivity contribution in [3.8, 4) is 0 Å². The number of likely N-dealkylation sites (tertiary alicyclic amines) is 1. The summed E-state index contributed by atoms with van der Waals surface area (Å²) in [6.45, 7) is 12.9. The maximum Gasteiger partial charge on any atom is 0.0471 e. The number of aliphatic hydroxyl groups is 1. The Kier molecular flexibility index (Phi) is 4.60. The molecule has 2 nitrogen and oxygen atoms in total. The minimum Gasteiger partial charge on any atom is -0.396 e. The lowest BCUT2D eigenvalue weighted by molar-refractivity contribution is 0.0709. The molecule has 1 heterocycles. The van der Waals surface area contributed by atoms with Crippen LogP contribution < -0.4 is 0 Å². The molecule has 1 fully saturated rings. The fourth-order valence-corrected chi connectivity index (χ4v) is 2.83. The molecule has 0 saturated carbocycles. The summed E-state index contributed by atoms with van der Waals surface area (Å²) in [5.41, 5.74) is 0.418. The van der Waals surface area contributed by atoms with Crippen molar-refractivity contribution in [2.45, 2.75) is 40.5 Å². The highest BCUT2D eigenvalue weighted by molar-refractivity contribution is 4.81. The zero-order chi connectivity index (χ0) is 11.5. The molecule has 0 bridgehead atoms. The van der Waals surface area contributed by atoms with Gasteiger partial charge >= 0.3 is 0 Å². The Labute approximate surface area is 94.7 Å². The monoisotopic (exact) mass is 213 g/mol. The lowest BCUT2D eigenvalue weighted by atomic mass is 9.78. The predicted octanol–water partition coefficient (Wildman–Crippen LogP) is 2.37. The molecular formula is C13H27NO. The fraction of sp³-hybridized carbons (Fsp3) is 1.00. The van der Waals surface area contributed by atoms with E-state index in [1.807, 2.05) is 0 Å². The van der Waals surface area contributed by atoms with Gasteiger partial charge in [-0.2, -0.15) is 0 Å². The van der Waals surface area contributed by atoms with E-state index in [4.69, 9.17) is 0 Å². The SMILES string of the molecule is CCN1C[C@H](CO)C[C@@H](CC(C)(C)C)C1. The standard InChI is InChI=1S/C13H27NO/c1-5-14-8-11(7-13(2,3)4)6-12(9-14)10-15/h11-12,15H,5-10H2,1-4H3/t11-,12+/m0/s1. The summed E-state index contributed by atoms with van der Waals surface area (Å²) in [7, 11) is 0. The lowest BCUT2D eigenvalue weighted by Gasteiger charge is -2.39. The molecule has 0 unspecified atom stereocenters. The van der Waals surface area contributed by atoms with E-state index >= 15 is 0 Å². The molecule has 2 heteroatoms. The molecule has 0 spiro atoms. The third-order valence-electron chi connectivity index (χ3n) is 3.31. The maximum absolute atomic E-state index is 9.29. The molecule has 0 aromatic rings. The Morgan fingerprint density at radius 1 is 1.20 bits per heavy atom. The van der Waals surface area contributed by atoms with E-state index in [1.165, 1.54) is 19.4 Å². The topological polar surface area (TPSA) is 23.5 Å². The first-order chi connectivity index (χ1) is 6.94. The minimum atomic E-state index is 0.358. The molecule has 90 valence electrons. The van der Waals surface area contributed by atoms with E-state index in [0.29, 0.717) is 17.9 Å². The number of aliphatic hydroxyl groups excluding tert-OH is 1. The quantitative estimate of drug-likeness (QED) is 0.778. The highest BCUT2D eigenvalue weighted by Crippen LogP contribution is 2.31. The van der Waals surface area contributed by atoms with E-state index in [9.17, 15) is 5.11 Å². The van der Waals surface area contributed by atoms with E-state index in [1.54, 1.807) is 0 Å². The van der Waals surface area contributed by atoms with Crippen molar-refractivity contribution in [2.75, 3.05) is 26.2 Å². The molecule has 1 saturated heterocycles. The first kappa shape index (κ1) is 13.0. The molecule has 0 amide bonds. The van der Waals surface area contributed by atoms with Crippen molar-refractivity contribution in [1.29, 1.82) is 0 Å². The van der Waals surface area contributed by atoms with Crippen LogP contribution in [0, 0.1) is 17.3 Å². The van der Waals surface area contributed by atoms with Crippen LogP contribution >= 0.6 is 0 Å². The predicted molar refractivity (Wildman–Crippen MR) is 64.9 cm³/mol. The molecule has 0 radical (unpaired) electrons. The van der Waals surface area contributed by atoms with Crippen molar-refractivity contribution in [1.82, 2.24) is 4.90 Å². The van der Waals surface area contributed by atoms with Gasteiger partial charge in [0.2, 0.25) is 0 Å². The summed E-state index contributed by atoms with van der Waals surface area (Å²) in [5, 5.41) is 9.29. The number of rotatable bonds is 3. The third kappa shape index (κ3) is 4.52. The Balaban J connectivity index is 2.50. The Hall–Kier alpha value is -0.0800. The first-order valence-electron chi connectivity index (χ1n) is 6.28. The van der Waals surface area contributed by atoms with Gasteiger partial charge in [-0.25, -0.2) is 0 Å². The molecular weight excluding hydrogens is 186 g/mol. The van der Waals surface area contributed by atoms with Crippen LogP contribution in [0.4, 0.5) is 0 Å². The van der Waals surface area contributed by atoms with Crippen molar-refractivity contribution >= 4 is 0 Å². The second kappa shape index (κ2) is 5.31. The highest BCUT2D eigenvalue weighted by Gasteiger charge is 2.28. The van der Waals surface area contributed by atoms with Crippen LogP contribution in [0.1, 0.15) is 40.5 Å². The van der Waals surface area contributed by atoms with Crippen LogP contribution in [0.2, 0.25) is 0 Å². The molecule has 1 aliphatic heterocycles. The van der Waals surface area contributed by atoms with E-state index in [-0.39, 0.29) is 0 Å². The van der Waals surface area contributed by atoms with Gasteiger partial charge in [-0.1, -0.05) is 27.7 Å². The summed E-state index contributed by atoms with van der Waals surface area (Å²) >= 11 is 0. The number of hydrogen-bond donors (Lipinski definition) is 1. The minimum absolute atomic E-state index is 0.358. The van der Waals surface area contributed by atoms with Gasteiger partial charge in [0.1, 0.15) is 0 Å². The number of nitrogens with zero attached hydrogens (tertiary/aromatic N) is 1. The van der Waals surface area contributed by atoms with Crippen LogP contribution in [0.25, 0.3) is 0 Å². The van der Waals surface area contributed by atoms with Gasteiger partial charge in [0.15, 0.2) is 0 Å². The second-order valence-corrected chi connectivity index (χ2v) is 6.27. The largest absolute Gasteiger partial charge is 0.396 e. The summed E-state index contributed by atoms with van der Waals surface area (Å²) in [6.07, 6.45) is 2.49. The van der Waals surface area contributed by atoms with Gasteiger partial charge in [-0.15, -0.1) is 0 Å². The fourth-order valence-electron chi connectivity index (χ4n) is 2.83. The molecule has 1 rings (SSSR count). The third-order valence-corrected chi connectivity index (χ3v) is 3.31.